The van der Waals surface area contributed by atoms with E-state index in [4.69, 9.17) is 0 Å². The first-order valence-electron chi connectivity index (χ1n) is 12.6. The summed E-state index contributed by atoms with van der Waals surface area (Å²) < 4.78 is 0. The van der Waals surface area contributed by atoms with E-state index in [1.807, 2.05) is 30.0 Å². The molecule has 2 unspecified atom stereocenters. The van der Waals surface area contributed by atoms with Crippen LogP contribution >= 0.6 is 0 Å². The van der Waals surface area contributed by atoms with Gasteiger partial charge in [-0.25, -0.2) is 0 Å². The third-order valence-electron chi connectivity index (χ3n) is 7.81. The van der Waals surface area contributed by atoms with Crippen molar-refractivity contribution in [1.82, 2.24) is 10.2 Å². The molecule has 2 amide bonds. The summed E-state index contributed by atoms with van der Waals surface area (Å²) in [6.07, 6.45) is 9.03. The highest BCUT2D eigenvalue weighted by Crippen LogP contribution is 2.47. The van der Waals surface area contributed by atoms with Gasteiger partial charge in [0.05, 0.1) is 12.1 Å². The molecule has 1 aromatic rings. The number of hydrogen-bond acceptors (Lipinski definition) is 4. The summed E-state index contributed by atoms with van der Waals surface area (Å²) in [4.78, 5) is 40.4. The molecule has 1 aliphatic heterocycles. The monoisotopic (exact) mass is 449 g/mol. The lowest BCUT2D eigenvalue weighted by atomic mass is 9.81. The van der Waals surface area contributed by atoms with E-state index in [1.165, 1.54) is 6.42 Å². The van der Waals surface area contributed by atoms with Gasteiger partial charge in [0.1, 0.15) is 5.41 Å². The van der Waals surface area contributed by atoms with Crippen LogP contribution in [-0.4, -0.2) is 41.6 Å². The normalized spacial score (nSPS) is 23.3. The van der Waals surface area contributed by atoms with Gasteiger partial charge >= 0.3 is 0 Å². The van der Waals surface area contributed by atoms with Crippen LogP contribution in [0.3, 0.4) is 0 Å². The van der Waals surface area contributed by atoms with Gasteiger partial charge in [0.25, 0.3) is 5.91 Å². The Balaban J connectivity index is 1.45. The van der Waals surface area contributed by atoms with Crippen molar-refractivity contribution in [3.05, 3.63) is 35.4 Å². The fraction of sp³-hybridized carbons (Fsp3) is 0.630. The molecule has 1 aromatic carbocycles. The largest absolute Gasteiger partial charge is 0.342 e. The first kappa shape index (κ1) is 23.5. The van der Waals surface area contributed by atoms with Crippen LogP contribution in [-0.2, 0) is 9.59 Å². The minimum Gasteiger partial charge on any atom is -0.342 e. The van der Waals surface area contributed by atoms with Crippen molar-refractivity contribution in [2.75, 3.05) is 13.1 Å². The first-order chi connectivity index (χ1) is 16.0. The van der Waals surface area contributed by atoms with Crippen molar-refractivity contribution in [1.29, 1.82) is 5.26 Å². The molecule has 3 aliphatic rings. The maximum absolute atomic E-state index is 13.1. The zero-order valence-corrected chi connectivity index (χ0v) is 19.6. The van der Waals surface area contributed by atoms with Crippen LogP contribution in [0.5, 0.6) is 0 Å². The van der Waals surface area contributed by atoms with Gasteiger partial charge in [0, 0.05) is 31.0 Å². The topological polar surface area (TPSA) is 90.3 Å². The van der Waals surface area contributed by atoms with Crippen molar-refractivity contribution >= 4 is 17.6 Å². The van der Waals surface area contributed by atoms with E-state index in [-0.39, 0.29) is 29.4 Å². The molecule has 3 fully saturated rings. The molecule has 1 saturated heterocycles. The van der Waals surface area contributed by atoms with Gasteiger partial charge in [-0.15, -0.1) is 0 Å². The second-order valence-electron chi connectivity index (χ2n) is 10.1. The Kier molecular flexibility index (Phi) is 7.17. The van der Waals surface area contributed by atoms with Gasteiger partial charge in [-0.05, 0) is 62.1 Å². The van der Waals surface area contributed by atoms with E-state index in [0.717, 1.165) is 44.1 Å². The van der Waals surface area contributed by atoms with Crippen LogP contribution in [0.25, 0.3) is 0 Å². The minimum absolute atomic E-state index is 0.0306. The van der Waals surface area contributed by atoms with E-state index in [2.05, 4.69) is 11.4 Å². The van der Waals surface area contributed by atoms with Gasteiger partial charge in [-0.2, -0.15) is 5.26 Å². The SMILES string of the molecule is CCC(=O)C(NC(=O)c1cccc(C2CCCN(C(=O)C3(C#N)CC3)C2)c1)C1CCCCC1. The van der Waals surface area contributed by atoms with E-state index in [0.29, 0.717) is 37.9 Å². The first-order valence-corrected chi connectivity index (χ1v) is 12.6. The summed E-state index contributed by atoms with van der Waals surface area (Å²) in [6, 6.07) is 9.43. The third-order valence-corrected chi connectivity index (χ3v) is 7.81. The Morgan fingerprint density at radius 1 is 1.15 bits per heavy atom. The van der Waals surface area contributed by atoms with Crippen LogP contribution in [0.1, 0.15) is 93.0 Å². The number of carbonyl (C=O) groups is 3. The second kappa shape index (κ2) is 10.1. The summed E-state index contributed by atoms with van der Waals surface area (Å²) >= 11 is 0. The van der Waals surface area contributed by atoms with Crippen molar-refractivity contribution in [2.45, 2.75) is 83.1 Å². The van der Waals surface area contributed by atoms with Gasteiger partial charge < -0.3 is 10.2 Å². The minimum atomic E-state index is -0.788. The molecule has 0 bridgehead atoms. The molecule has 176 valence electrons. The van der Waals surface area contributed by atoms with Crippen LogP contribution < -0.4 is 5.32 Å². The number of hydrogen-bond donors (Lipinski definition) is 1. The molecule has 0 spiro atoms. The number of ketones is 1. The molecule has 4 rings (SSSR count). The van der Waals surface area contributed by atoms with E-state index >= 15 is 0 Å². The predicted molar refractivity (Wildman–Crippen MR) is 125 cm³/mol. The molecular weight excluding hydrogens is 414 g/mol. The second-order valence-corrected chi connectivity index (χ2v) is 10.1. The Hall–Kier alpha value is -2.68. The highest BCUT2D eigenvalue weighted by molar-refractivity contribution is 5.98. The lowest BCUT2D eigenvalue weighted by Crippen LogP contribution is -2.46. The molecule has 0 aromatic heterocycles. The van der Waals surface area contributed by atoms with Crippen LogP contribution in [0.15, 0.2) is 24.3 Å². The molecular formula is C27H35N3O3. The maximum Gasteiger partial charge on any atom is 0.251 e. The molecule has 6 heteroatoms. The number of likely N-dealkylation sites (tertiary alicyclic amines) is 1. The maximum atomic E-state index is 13.1. The Labute approximate surface area is 196 Å². The Bertz CT molecular complexity index is 940. The number of nitrogens with zero attached hydrogens (tertiary/aromatic N) is 2. The highest BCUT2D eigenvalue weighted by atomic mass is 16.2. The molecule has 2 aliphatic carbocycles. The molecule has 2 saturated carbocycles. The molecule has 33 heavy (non-hydrogen) atoms. The smallest absolute Gasteiger partial charge is 0.251 e. The number of nitriles is 1. The molecule has 1 heterocycles. The zero-order chi connectivity index (χ0) is 23.4. The number of rotatable bonds is 7. The van der Waals surface area contributed by atoms with Crippen molar-refractivity contribution in [3.8, 4) is 6.07 Å². The molecule has 0 radical (unpaired) electrons. The van der Waals surface area contributed by atoms with Crippen molar-refractivity contribution in [2.24, 2.45) is 11.3 Å². The van der Waals surface area contributed by atoms with Gasteiger partial charge in [0.2, 0.25) is 5.91 Å². The lowest BCUT2D eigenvalue weighted by molar-refractivity contribution is -0.136. The van der Waals surface area contributed by atoms with E-state index in [9.17, 15) is 19.6 Å². The van der Waals surface area contributed by atoms with Crippen LogP contribution in [0.2, 0.25) is 0 Å². The Morgan fingerprint density at radius 2 is 1.91 bits per heavy atom. The zero-order valence-electron chi connectivity index (χ0n) is 19.6. The average molecular weight is 450 g/mol. The van der Waals surface area contributed by atoms with Crippen LogP contribution in [0, 0.1) is 22.7 Å². The number of carbonyl (C=O) groups excluding carboxylic acids is 3. The summed E-state index contributed by atoms with van der Waals surface area (Å²) in [6.45, 7) is 3.15. The fourth-order valence-electron chi connectivity index (χ4n) is 5.54. The summed E-state index contributed by atoms with van der Waals surface area (Å²) in [5.74, 6) is 0.262. The fourth-order valence-corrected chi connectivity index (χ4v) is 5.54. The van der Waals surface area contributed by atoms with Crippen LogP contribution in [0.4, 0.5) is 0 Å². The van der Waals surface area contributed by atoms with E-state index < -0.39 is 11.5 Å². The lowest BCUT2D eigenvalue weighted by Gasteiger charge is -2.34. The summed E-state index contributed by atoms with van der Waals surface area (Å²) in [5, 5.41) is 12.5. The summed E-state index contributed by atoms with van der Waals surface area (Å²) in [5.41, 5.74) is 0.818. The van der Waals surface area contributed by atoms with E-state index in [1.54, 1.807) is 6.07 Å². The van der Waals surface area contributed by atoms with Crippen molar-refractivity contribution < 1.29 is 14.4 Å². The Morgan fingerprint density at radius 3 is 2.58 bits per heavy atom. The third kappa shape index (κ3) is 5.13. The van der Waals surface area contributed by atoms with Crippen molar-refractivity contribution in [3.63, 3.8) is 0 Å². The van der Waals surface area contributed by atoms with Gasteiger partial charge in [0.15, 0.2) is 5.78 Å². The molecule has 1 N–H and O–H groups in total. The molecule has 2 atom stereocenters. The number of piperidine rings is 1. The van der Waals surface area contributed by atoms with Gasteiger partial charge in [-0.1, -0.05) is 38.3 Å². The standard InChI is InChI=1S/C27H35N3O3/c1-2-23(31)24(19-8-4-3-5-9-19)29-25(32)21-11-6-10-20(16-21)22-12-7-15-30(17-22)26(33)27(18-28)13-14-27/h6,10-11,16,19,22,24H,2-5,7-9,12-15,17H2,1H3,(H,29,32). The number of amides is 2. The average Bonchev–Trinajstić information content (AvgIpc) is 3.68. The predicted octanol–water partition coefficient (Wildman–Crippen LogP) is 4.35. The van der Waals surface area contributed by atoms with Gasteiger partial charge in [-0.3, -0.25) is 14.4 Å². The summed E-state index contributed by atoms with van der Waals surface area (Å²) in [7, 11) is 0. The highest BCUT2D eigenvalue weighted by Gasteiger charge is 2.53. The number of benzene rings is 1. The number of nitrogens with one attached hydrogen (secondary N) is 1. The number of Topliss-reactive ketones (excluding diaryl/α,β-unsaturated/α-hetero) is 1. The molecule has 6 nitrogen and oxygen atoms in total. The quantitative estimate of drug-likeness (QED) is 0.670.